The van der Waals surface area contributed by atoms with Gasteiger partial charge in [-0.15, -0.1) is 0 Å². The molecule has 2 aromatic heterocycles. The largest absolute Gasteiger partial charge is 0.386 e. The van der Waals surface area contributed by atoms with Gasteiger partial charge < -0.3 is 5.11 Å². The highest BCUT2D eigenvalue weighted by Crippen LogP contribution is 2.25. The van der Waals surface area contributed by atoms with Gasteiger partial charge in [-0.3, -0.25) is 9.67 Å². The molecule has 0 amide bonds. The summed E-state index contributed by atoms with van der Waals surface area (Å²) in [5.74, 6) is 0. The molecule has 0 radical (unpaired) electrons. The molecule has 0 bridgehead atoms. The highest BCUT2D eigenvalue weighted by Gasteiger charge is 2.17. The van der Waals surface area contributed by atoms with Gasteiger partial charge >= 0.3 is 0 Å². The first-order valence-corrected chi connectivity index (χ1v) is 7.43. The first kappa shape index (κ1) is 14.2. The van der Waals surface area contributed by atoms with Gasteiger partial charge in [0.2, 0.25) is 0 Å². The molecule has 0 saturated heterocycles. The first-order chi connectivity index (χ1) is 10.1. The lowest BCUT2D eigenvalue weighted by atomic mass is 10.1. The van der Waals surface area contributed by atoms with Crippen molar-refractivity contribution < 1.29 is 5.11 Å². The Hall–Kier alpha value is -1.79. The predicted octanol–water partition coefficient (Wildman–Crippen LogP) is 2.71. The average molecular weight is 347 g/mol. The molecule has 1 N–H and O–H groups in total. The van der Waals surface area contributed by atoms with Gasteiger partial charge in [0.25, 0.3) is 0 Å². The molecule has 0 aliphatic carbocycles. The van der Waals surface area contributed by atoms with Crippen LogP contribution >= 0.6 is 15.9 Å². The Morgan fingerprint density at radius 1 is 1.29 bits per heavy atom. The third kappa shape index (κ3) is 2.69. The minimum absolute atomic E-state index is 0.435. The molecule has 108 valence electrons. The van der Waals surface area contributed by atoms with Crippen molar-refractivity contribution in [1.29, 1.82) is 0 Å². The summed E-state index contributed by atoms with van der Waals surface area (Å²) in [4.78, 5) is 8.82. The van der Waals surface area contributed by atoms with E-state index in [-0.39, 0.29) is 0 Å². The summed E-state index contributed by atoms with van der Waals surface area (Å²) in [5, 5.41) is 14.8. The molecule has 5 nitrogen and oxygen atoms in total. The number of aliphatic hydroxyl groups is 1. The summed E-state index contributed by atoms with van der Waals surface area (Å²) in [6.07, 6.45) is 1.35. The van der Waals surface area contributed by atoms with Crippen molar-refractivity contribution in [2.24, 2.45) is 7.05 Å². The van der Waals surface area contributed by atoms with Crippen molar-refractivity contribution in [3.05, 3.63) is 52.0 Å². The molecule has 2 heterocycles. The first-order valence-electron chi connectivity index (χ1n) is 6.64. The molecule has 6 heteroatoms. The minimum atomic E-state index is -0.715. The summed E-state index contributed by atoms with van der Waals surface area (Å²) < 4.78 is 2.70. The number of aliphatic hydroxyl groups excluding tert-OH is 1. The quantitative estimate of drug-likeness (QED) is 0.791. The van der Waals surface area contributed by atoms with Gasteiger partial charge in [-0.25, -0.2) is 4.98 Å². The van der Waals surface area contributed by atoms with E-state index in [4.69, 9.17) is 0 Å². The van der Waals surface area contributed by atoms with Crippen LogP contribution in [0.15, 0.2) is 34.9 Å². The molecule has 21 heavy (non-hydrogen) atoms. The van der Waals surface area contributed by atoms with E-state index in [1.54, 1.807) is 10.9 Å². The normalized spacial score (nSPS) is 12.8. The third-order valence-corrected chi connectivity index (χ3v) is 4.49. The monoisotopic (exact) mass is 346 g/mol. The van der Waals surface area contributed by atoms with Gasteiger partial charge in [0, 0.05) is 13.5 Å². The van der Waals surface area contributed by atoms with Gasteiger partial charge in [0.15, 0.2) is 0 Å². The van der Waals surface area contributed by atoms with Gasteiger partial charge in [-0.1, -0.05) is 12.1 Å². The molecule has 0 aliphatic rings. The highest BCUT2D eigenvalue weighted by atomic mass is 79.9. The van der Waals surface area contributed by atoms with E-state index < -0.39 is 6.10 Å². The fraction of sp³-hybridized carbons (Fsp3) is 0.267. The van der Waals surface area contributed by atoms with Crippen LogP contribution in [-0.4, -0.2) is 24.9 Å². The maximum atomic E-state index is 10.4. The summed E-state index contributed by atoms with van der Waals surface area (Å²) in [6.45, 7) is 1.93. The summed E-state index contributed by atoms with van der Waals surface area (Å²) in [6, 6.07) is 7.62. The van der Waals surface area contributed by atoms with Gasteiger partial charge in [0.05, 0.1) is 38.8 Å². The number of halogens is 1. The number of nitrogens with zero attached hydrogens (tertiary/aromatic N) is 4. The average Bonchev–Trinajstić information content (AvgIpc) is 2.73. The van der Waals surface area contributed by atoms with Gasteiger partial charge in [-0.05, 0) is 35.0 Å². The number of rotatable bonds is 3. The molecule has 0 spiro atoms. The number of hydrogen-bond acceptors (Lipinski definition) is 4. The van der Waals surface area contributed by atoms with Crippen molar-refractivity contribution in [2.45, 2.75) is 19.4 Å². The van der Waals surface area contributed by atoms with Gasteiger partial charge in [-0.2, -0.15) is 5.10 Å². The van der Waals surface area contributed by atoms with Crippen LogP contribution in [0, 0.1) is 6.92 Å². The van der Waals surface area contributed by atoms with Crippen LogP contribution < -0.4 is 0 Å². The topological polar surface area (TPSA) is 63.8 Å². The molecule has 1 aromatic carbocycles. The number of hydrogen-bond donors (Lipinski definition) is 1. The molecule has 0 saturated carbocycles. The number of aryl methyl sites for hydroxylation is 2. The molecule has 1 atom stereocenters. The van der Waals surface area contributed by atoms with E-state index in [0.717, 1.165) is 26.9 Å². The zero-order valence-corrected chi connectivity index (χ0v) is 13.4. The Morgan fingerprint density at radius 3 is 2.67 bits per heavy atom. The fourth-order valence-corrected chi connectivity index (χ4v) is 2.82. The van der Waals surface area contributed by atoms with Gasteiger partial charge in [0.1, 0.15) is 6.10 Å². The standard InChI is InChI=1S/C15H15BrN4O/c1-9-15(16)13(20(2)19-9)7-14(21)12-8-17-10-5-3-4-6-11(10)18-12/h3-6,8,14,21H,7H2,1-2H3. The SMILES string of the molecule is Cc1nn(C)c(CC(O)c2cnc3ccccc3n2)c1Br. The second-order valence-electron chi connectivity index (χ2n) is 4.97. The lowest BCUT2D eigenvalue weighted by Crippen LogP contribution is -2.09. The number of para-hydroxylation sites is 2. The molecule has 1 unspecified atom stereocenters. The van der Waals surface area contributed by atoms with Crippen LogP contribution in [0.25, 0.3) is 11.0 Å². The Labute approximate surface area is 130 Å². The van der Waals surface area contributed by atoms with E-state index in [1.165, 1.54) is 0 Å². The maximum absolute atomic E-state index is 10.4. The lowest BCUT2D eigenvalue weighted by Gasteiger charge is -2.11. The van der Waals surface area contributed by atoms with E-state index in [1.807, 2.05) is 38.2 Å². The zero-order chi connectivity index (χ0) is 15.0. The smallest absolute Gasteiger partial charge is 0.103 e. The van der Waals surface area contributed by atoms with E-state index in [2.05, 4.69) is 31.0 Å². The number of aromatic nitrogens is 4. The van der Waals surface area contributed by atoms with Crippen molar-refractivity contribution in [1.82, 2.24) is 19.7 Å². The van der Waals surface area contributed by atoms with Crippen molar-refractivity contribution in [2.75, 3.05) is 0 Å². The number of benzene rings is 1. The highest BCUT2D eigenvalue weighted by molar-refractivity contribution is 9.10. The van der Waals surface area contributed by atoms with Crippen LogP contribution in [0.1, 0.15) is 23.2 Å². The Kier molecular flexibility index (Phi) is 3.73. The minimum Gasteiger partial charge on any atom is -0.386 e. The van der Waals surface area contributed by atoms with Crippen LogP contribution in [0.5, 0.6) is 0 Å². The molecule has 0 aliphatic heterocycles. The van der Waals surface area contributed by atoms with Crippen LogP contribution in [0.3, 0.4) is 0 Å². The summed E-state index contributed by atoms with van der Waals surface area (Å²) in [7, 11) is 1.87. The maximum Gasteiger partial charge on any atom is 0.103 e. The predicted molar refractivity (Wildman–Crippen MR) is 83.8 cm³/mol. The Morgan fingerprint density at radius 2 is 2.00 bits per heavy atom. The lowest BCUT2D eigenvalue weighted by molar-refractivity contribution is 0.171. The molecule has 3 rings (SSSR count). The number of fused-ring (bicyclic) bond motifs is 1. The van der Waals surface area contributed by atoms with E-state index in [0.29, 0.717) is 12.1 Å². The summed E-state index contributed by atoms with van der Waals surface area (Å²) in [5.41, 5.74) is 4.03. The fourth-order valence-electron chi connectivity index (χ4n) is 2.32. The molecule has 3 aromatic rings. The van der Waals surface area contributed by atoms with Crippen LogP contribution in [-0.2, 0) is 13.5 Å². The van der Waals surface area contributed by atoms with Crippen molar-refractivity contribution in [3.63, 3.8) is 0 Å². The second-order valence-corrected chi connectivity index (χ2v) is 5.77. The van der Waals surface area contributed by atoms with E-state index >= 15 is 0 Å². The molecular formula is C15H15BrN4O. The van der Waals surface area contributed by atoms with Crippen molar-refractivity contribution >= 4 is 27.0 Å². The van der Waals surface area contributed by atoms with Crippen LogP contribution in [0.4, 0.5) is 0 Å². The second kappa shape index (κ2) is 5.54. The Bertz CT molecular complexity index is 799. The van der Waals surface area contributed by atoms with E-state index in [9.17, 15) is 5.11 Å². The molecular weight excluding hydrogens is 332 g/mol. The Balaban J connectivity index is 1.91. The molecule has 0 fully saturated rings. The van der Waals surface area contributed by atoms with Crippen molar-refractivity contribution in [3.8, 4) is 0 Å². The third-order valence-electron chi connectivity index (χ3n) is 3.46. The summed E-state index contributed by atoms with van der Waals surface area (Å²) >= 11 is 3.51. The zero-order valence-electron chi connectivity index (χ0n) is 11.8. The van der Waals surface area contributed by atoms with Crippen LogP contribution in [0.2, 0.25) is 0 Å².